The molecule has 6 nitrogen and oxygen atoms in total. The van der Waals surface area contributed by atoms with E-state index in [0.717, 1.165) is 29.0 Å². The van der Waals surface area contributed by atoms with Gasteiger partial charge >= 0.3 is 0 Å². The highest BCUT2D eigenvalue weighted by Gasteiger charge is 2.09. The van der Waals surface area contributed by atoms with E-state index in [9.17, 15) is 4.21 Å². The topological polar surface area (TPSA) is 68.5 Å². The van der Waals surface area contributed by atoms with Crippen LogP contribution < -0.4 is 5.32 Å². The second-order valence-corrected chi connectivity index (χ2v) is 6.32. The maximum atomic E-state index is 11.6. The highest BCUT2D eigenvalue weighted by atomic mass is 32.2. The summed E-state index contributed by atoms with van der Waals surface area (Å²) in [5.74, 6) is 0. The monoisotopic (exact) mass is 330 g/mol. The number of nitrogens with zero attached hydrogens (tertiary/aromatic N) is 3. The number of nitrogens with one attached hydrogen (secondary N) is 1. The van der Waals surface area contributed by atoms with Gasteiger partial charge in [0.15, 0.2) is 0 Å². The molecular formula is C16H18N4O2S. The zero-order chi connectivity index (χ0) is 16.2. The lowest BCUT2D eigenvalue weighted by Gasteiger charge is -2.08. The fourth-order valence-corrected chi connectivity index (χ4v) is 2.72. The molecular weight excluding hydrogens is 312 g/mol. The zero-order valence-corrected chi connectivity index (χ0v) is 13.8. The van der Waals surface area contributed by atoms with Crippen LogP contribution in [0.3, 0.4) is 0 Å². The third kappa shape index (κ3) is 3.40. The lowest BCUT2D eigenvalue weighted by Crippen LogP contribution is -2.07. The smallest absolute Gasteiger partial charge is 0.237 e. The van der Waals surface area contributed by atoms with Crippen molar-refractivity contribution in [2.45, 2.75) is 5.16 Å². The molecule has 1 atom stereocenters. The second-order valence-electron chi connectivity index (χ2n) is 5.05. The number of anilines is 1. The Morgan fingerprint density at radius 3 is 2.96 bits per heavy atom. The van der Waals surface area contributed by atoms with Crippen molar-refractivity contribution in [1.29, 1.82) is 0 Å². The molecule has 2 aromatic heterocycles. The highest BCUT2D eigenvalue weighted by molar-refractivity contribution is 7.84. The van der Waals surface area contributed by atoms with Gasteiger partial charge in [-0.1, -0.05) is 12.1 Å². The Hall–Kier alpha value is -2.25. The quantitative estimate of drug-likeness (QED) is 0.702. The van der Waals surface area contributed by atoms with E-state index in [-0.39, 0.29) is 0 Å². The van der Waals surface area contributed by atoms with Gasteiger partial charge in [-0.2, -0.15) is 0 Å². The lowest BCUT2D eigenvalue weighted by atomic mass is 10.1. The number of hydrogen-bond acceptors (Lipinski definition) is 5. The van der Waals surface area contributed by atoms with E-state index in [1.165, 1.54) is 0 Å². The van der Waals surface area contributed by atoms with Crippen LogP contribution in [0.5, 0.6) is 0 Å². The van der Waals surface area contributed by atoms with Crippen molar-refractivity contribution in [2.75, 3.05) is 31.8 Å². The second kappa shape index (κ2) is 6.89. The molecule has 1 unspecified atom stereocenters. The molecule has 0 amide bonds. The van der Waals surface area contributed by atoms with Crippen molar-refractivity contribution < 1.29 is 8.95 Å². The van der Waals surface area contributed by atoms with Gasteiger partial charge in [0.1, 0.15) is 0 Å². The SMILES string of the molecule is COCCNc1cccc(-c2ccc3cnc(S(C)=O)nn23)c1. The van der Waals surface area contributed by atoms with E-state index in [2.05, 4.69) is 21.5 Å². The summed E-state index contributed by atoms with van der Waals surface area (Å²) in [6, 6.07) is 12.0. The Morgan fingerprint density at radius 2 is 2.17 bits per heavy atom. The number of aromatic nitrogens is 3. The van der Waals surface area contributed by atoms with Crippen LogP contribution in [0.25, 0.3) is 16.8 Å². The van der Waals surface area contributed by atoms with Crippen molar-refractivity contribution >= 4 is 22.0 Å². The molecule has 3 rings (SSSR count). The van der Waals surface area contributed by atoms with Gasteiger partial charge in [0.25, 0.3) is 0 Å². The molecule has 0 bridgehead atoms. The summed E-state index contributed by atoms with van der Waals surface area (Å²) in [7, 11) is 0.467. The molecule has 23 heavy (non-hydrogen) atoms. The van der Waals surface area contributed by atoms with Crippen molar-refractivity contribution in [2.24, 2.45) is 0 Å². The number of ether oxygens (including phenoxy) is 1. The van der Waals surface area contributed by atoms with Crippen molar-refractivity contribution in [3.63, 3.8) is 0 Å². The van der Waals surface area contributed by atoms with Gasteiger partial charge in [-0.25, -0.2) is 9.50 Å². The van der Waals surface area contributed by atoms with Crippen molar-refractivity contribution in [3.05, 3.63) is 42.6 Å². The lowest BCUT2D eigenvalue weighted by molar-refractivity contribution is 0.211. The predicted octanol–water partition coefficient (Wildman–Crippen LogP) is 2.19. The number of methoxy groups -OCH3 is 1. The van der Waals surface area contributed by atoms with Crippen LogP contribution >= 0.6 is 0 Å². The van der Waals surface area contributed by atoms with Crippen LogP contribution in [0.15, 0.2) is 47.8 Å². The first kappa shape index (κ1) is 15.6. The molecule has 0 spiro atoms. The predicted molar refractivity (Wildman–Crippen MR) is 91.1 cm³/mol. The first-order valence-corrected chi connectivity index (χ1v) is 8.76. The first-order chi connectivity index (χ1) is 11.2. The molecule has 2 heterocycles. The standard InChI is InChI=1S/C16H18N4O2S/c1-22-9-8-17-13-5-3-4-12(10-13)15-7-6-14-11-18-16(23(2)21)19-20(14)15/h3-7,10-11,17H,8-9H2,1-2H3. The van der Waals surface area contributed by atoms with Crippen molar-refractivity contribution in [1.82, 2.24) is 14.6 Å². The normalized spacial score (nSPS) is 12.4. The number of fused-ring (bicyclic) bond motifs is 1. The van der Waals surface area contributed by atoms with Crippen LogP contribution in [0, 0.1) is 0 Å². The van der Waals surface area contributed by atoms with Gasteiger partial charge in [0.05, 0.1) is 34.8 Å². The molecule has 120 valence electrons. The Morgan fingerprint density at radius 1 is 1.30 bits per heavy atom. The number of hydrogen-bond donors (Lipinski definition) is 1. The zero-order valence-electron chi connectivity index (χ0n) is 13.0. The van der Waals surface area contributed by atoms with E-state index >= 15 is 0 Å². The molecule has 1 N–H and O–H groups in total. The molecule has 0 fully saturated rings. The third-order valence-corrected chi connectivity index (χ3v) is 4.13. The Balaban J connectivity index is 1.97. The molecule has 0 saturated carbocycles. The third-order valence-electron chi connectivity index (χ3n) is 3.43. The summed E-state index contributed by atoms with van der Waals surface area (Å²) in [6.45, 7) is 1.40. The van der Waals surface area contributed by atoms with Crippen LogP contribution in [0.4, 0.5) is 5.69 Å². The Labute approximate surface area is 137 Å². The summed E-state index contributed by atoms with van der Waals surface area (Å²) in [6.07, 6.45) is 3.26. The largest absolute Gasteiger partial charge is 0.383 e. The van der Waals surface area contributed by atoms with Crippen LogP contribution in [0.2, 0.25) is 0 Å². The summed E-state index contributed by atoms with van der Waals surface area (Å²) in [5.41, 5.74) is 3.85. The molecule has 7 heteroatoms. The van der Waals surface area contributed by atoms with E-state index in [0.29, 0.717) is 11.8 Å². The molecule has 0 saturated heterocycles. The highest BCUT2D eigenvalue weighted by Crippen LogP contribution is 2.24. The van der Waals surface area contributed by atoms with Crippen LogP contribution in [0.1, 0.15) is 0 Å². The fraction of sp³-hybridized carbons (Fsp3) is 0.250. The summed E-state index contributed by atoms with van der Waals surface area (Å²) >= 11 is 0. The summed E-state index contributed by atoms with van der Waals surface area (Å²) < 4.78 is 18.4. The Bertz CT molecular complexity index is 847. The molecule has 1 aromatic carbocycles. The average molecular weight is 330 g/mol. The minimum Gasteiger partial charge on any atom is -0.383 e. The summed E-state index contributed by atoms with van der Waals surface area (Å²) in [4.78, 5) is 4.12. The van der Waals surface area contributed by atoms with Gasteiger partial charge in [-0.05, 0) is 24.3 Å². The van der Waals surface area contributed by atoms with E-state index in [4.69, 9.17) is 4.74 Å². The van der Waals surface area contributed by atoms with Gasteiger partial charge in [-0.3, -0.25) is 4.21 Å². The first-order valence-electron chi connectivity index (χ1n) is 7.20. The van der Waals surface area contributed by atoms with E-state index in [1.54, 1.807) is 24.1 Å². The van der Waals surface area contributed by atoms with Gasteiger partial charge in [0, 0.05) is 31.2 Å². The van der Waals surface area contributed by atoms with E-state index < -0.39 is 10.8 Å². The maximum Gasteiger partial charge on any atom is 0.237 e. The van der Waals surface area contributed by atoms with Crippen LogP contribution in [-0.4, -0.2) is 45.3 Å². The Kier molecular flexibility index (Phi) is 4.68. The number of benzene rings is 1. The van der Waals surface area contributed by atoms with Crippen LogP contribution in [-0.2, 0) is 15.5 Å². The average Bonchev–Trinajstić information content (AvgIpc) is 2.98. The summed E-state index contributed by atoms with van der Waals surface area (Å²) in [5, 5.41) is 8.01. The number of rotatable bonds is 6. The fourth-order valence-electron chi connectivity index (χ4n) is 2.32. The van der Waals surface area contributed by atoms with Gasteiger partial charge in [0.2, 0.25) is 5.16 Å². The van der Waals surface area contributed by atoms with E-state index in [1.807, 2.05) is 30.3 Å². The van der Waals surface area contributed by atoms with Gasteiger partial charge in [-0.15, -0.1) is 5.10 Å². The molecule has 0 aliphatic carbocycles. The minimum atomic E-state index is -1.21. The molecule has 3 aromatic rings. The molecule has 0 aliphatic heterocycles. The maximum absolute atomic E-state index is 11.6. The molecule has 0 aliphatic rings. The van der Waals surface area contributed by atoms with Gasteiger partial charge < -0.3 is 10.1 Å². The molecule has 0 radical (unpaired) electrons. The van der Waals surface area contributed by atoms with Crippen molar-refractivity contribution in [3.8, 4) is 11.3 Å². The minimum absolute atomic E-state index is 0.323.